The largest absolute Gasteiger partial charge is 0.464 e. The van der Waals surface area contributed by atoms with Crippen molar-refractivity contribution in [2.75, 3.05) is 0 Å². The summed E-state index contributed by atoms with van der Waals surface area (Å²) in [6.07, 6.45) is 0.409. The molecule has 0 saturated heterocycles. The van der Waals surface area contributed by atoms with Crippen LogP contribution in [0.3, 0.4) is 0 Å². The third kappa shape index (κ3) is 3.23. The summed E-state index contributed by atoms with van der Waals surface area (Å²) in [7, 11) is 0. The molecule has 3 aromatic rings. The first-order valence-electron chi connectivity index (χ1n) is 9.64. The second-order valence-corrected chi connectivity index (χ2v) is 8.58. The van der Waals surface area contributed by atoms with Gasteiger partial charge in [0.1, 0.15) is 11.6 Å². The summed E-state index contributed by atoms with van der Waals surface area (Å²) in [6, 6.07) is 19.1. The molecule has 0 amide bonds. The highest BCUT2D eigenvalue weighted by molar-refractivity contribution is 9.10. The number of fused-ring (bicyclic) bond motifs is 3. The molecule has 146 valence electrons. The topological polar surface area (TPSA) is 24.8 Å². The molecule has 2 heterocycles. The van der Waals surface area contributed by atoms with Gasteiger partial charge >= 0.3 is 0 Å². The van der Waals surface area contributed by atoms with Crippen LogP contribution >= 0.6 is 15.9 Å². The van der Waals surface area contributed by atoms with Crippen LogP contribution in [-0.2, 0) is 0 Å². The number of halogens is 2. The van der Waals surface area contributed by atoms with Crippen LogP contribution in [0.2, 0.25) is 0 Å². The molecule has 0 saturated carbocycles. The fourth-order valence-corrected chi connectivity index (χ4v) is 4.49. The predicted molar refractivity (Wildman–Crippen MR) is 116 cm³/mol. The van der Waals surface area contributed by atoms with Crippen LogP contribution in [0, 0.1) is 19.7 Å². The molecule has 5 heteroatoms. The molecule has 3 aromatic carbocycles. The minimum absolute atomic E-state index is 0.0706. The summed E-state index contributed by atoms with van der Waals surface area (Å²) in [4.78, 5) is 0. The van der Waals surface area contributed by atoms with Crippen molar-refractivity contribution >= 4 is 21.6 Å². The van der Waals surface area contributed by atoms with Crippen LogP contribution in [0.25, 0.3) is 0 Å². The molecule has 0 aliphatic carbocycles. The van der Waals surface area contributed by atoms with E-state index < -0.39 is 6.23 Å². The molecule has 0 unspecified atom stereocenters. The van der Waals surface area contributed by atoms with Gasteiger partial charge in [0.15, 0.2) is 0 Å². The molecule has 29 heavy (non-hydrogen) atoms. The SMILES string of the molecule is Cc1ccc(C)c(C2=NN3[C@@H](C2)c2cc(Br)ccc2O[C@H]3c2ccc(F)cc2)c1. The second kappa shape index (κ2) is 6.99. The van der Waals surface area contributed by atoms with E-state index in [-0.39, 0.29) is 11.9 Å². The average molecular weight is 451 g/mol. The number of benzene rings is 3. The lowest BCUT2D eigenvalue weighted by atomic mass is 9.93. The van der Waals surface area contributed by atoms with Crippen LogP contribution in [0.4, 0.5) is 4.39 Å². The van der Waals surface area contributed by atoms with Crippen LogP contribution in [0.15, 0.2) is 70.2 Å². The Labute approximate surface area is 177 Å². The molecule has 0 spiro atoms. The van der Waals surface area contributed by atoms with Gasteiger partial charge in [-0.05, 0) is 55.8 Å². The molecular formula is C24H20BrFN2O. The van der Waals surface area contributed by atoms with E-state index in [4.69, 9.17) is 9.84 Å². The number of nitrogens with zero attached hydrogens (tertiary/aromatic N) is 2. The van der Waals surface area contributed by atoms with Crippen LogP contribution in [-0.4, -0.2) is 10.7 Å². The van der Waals surface area contributed by atoms with Gasteiger partial charge in [-0.2, -0.15) is 5.10 Å². The maximum Gasteiger partial charge on any atom is 0.213 e. The number of ether oxygens (including phenoxy) is 1. The minimum atomic E-state index is -0.392. The number of hydrogen-bond acceptors (Lipinski definition) is 3. The Morgan fingerprint density at radius 1 is 1.03 bits per heavy atom. The highest BCUT2D eigenvalue weighted by atomic mass is 79.9. The molecule has 0 bridgehead atoms. The third-order valence-electron chi connectivity index (χ3n) is 5.61. The number of aryl methyl sites for hydroxylation is 2. The maximum absolute atomic E-state index is 13.5. The normalized spacial score (nSPS) is 20.0. The van der Waals surface area contributed by atoms with Crippen LogP contribution in [0.5, 0.6) is 5.75 Å². The fourth-order valence-electron chi connectivity index (χ4n) is 4.11. The minimum Gasteiger partial charge on any atom is -0.464 e. The van der Waals surface area contributed by atoms with E-state index in [0.717, 1.165) is 33.5 Å². The third-order valence-corrected chi connectivity index (χ3v) is 6.10. The van der Waals surface area contributed by atoms with Gasteiger partial charge in [0.25, 0.3) is 0 Å². The van der Waals surface area contributed by atoms with Gasteiger partial charge in [-0.15, -0.1) is 0 Å². The van der Waals surface area contributed by atoms with Crippen molar-refractivity contribution in [2.24, 2.45) is 5.10 Å². The molecule has 5 rings (SSSR count). The first kappa shape index (κ1) is 18.4. The molecular weight excluding hydrogens is 431 g/mol. The summed E-state index contributed by atoms with van der Waals surface area (Å²) >= 11 is 3.58. The molecule has 2 atom stereocenters. The Balaban J connectivity index is 1.62. The number of hydrazone groups is 1. The lowest BCUT2D eigenvalue weighted by Crippen LogP contribution is -2.33. The van der Waals surface area contributed by atoms with Crippen molar-refractivity contribution in [1.82, 2.24) is 5.01 Å². The average Bonchev–Trinajstić information content (AvgIpc) is 3.15. The number of rotatable bonds is 2. The van der Waals surface area contributed by atoms with Crippen molar-refractivity contribution in [3.05, 3.63) is 98.8 Å². The summed E-state index contributed by atoms with van der Waals surface area (Å²) in [5.74, 6) is 0.590. The summed E-state index contributed by atoms with van der Waals surface area (Å²) in [5.41, 5.74) is 6.65. The lowest BCUT2D eigenvalue weighted by Gasteiger charge is -2.38. The Hall–Kier alpha value is -2.66. The van der Waals surface area contributed by atoms with Crippen molar-refractivity contribution in [3.63, 3.8) is 0 Å². The van der Waals surface area contributed by atoms with E-state index in [1.54, 1.807) is 12.1 Å². The predicted octanol–water partition coefficient (Wildman–Crippen LogP) is 6.45. The second-order valence-electron chi connectivity index (χ2n) is 7.67. The smallest absolute Gasteiger partial charge is 0.213 e. The zero-order chi connectivity index (χ0) is 20.1. The number of hydrogen-bond donors (Lipinski definition) is 0. The van der Waals surface area contributed by atoms with Crippen molar-refractivity contribution in [3.8, 4) is 5.75 Å². The van der Waals surface area contributed by atoms with E-state index >= 15 is 0 Å². The van der Waals surface area contributed by atoms with E-state index in [0.29, 0.717) is 0 Å². The first-order valence-corrected chi connectivity index (χ1v) is 10.4. The van der Waals surface area contributed by atoms with E-state index in [1.165, 1.54) is 28.8 Å². The highest BCUT2D eigenvalue weighted by Gasteiger charge is 2.41. The fraction of sp³-hybridized carbons (Fsp3) is 0.208. The standard InChI is InChI=1S/C24H20BrFN2O/c1-14-3-4-15(2)19(11-14)21-13-22-20-12-17(25)7-10-23(20)29-24(28(22)27-21)16-5-8-18(26)9-6-16/h3-12,22,24H,13H2,1-2H3/t22-,24-/m0/s1. The van der Waals surface area contributed by atoms with Crippen LogP contribution < -0.4 is 4.74 Å². The quantitative estimate of drug-likeness (QED) is 0.448. The Morgan fingerprint density at radius 2 is 1.83 bits per heavy atom. The zero-order valence-corrected chi connectivity index (χ0v) is 17.8. The summed E-state index contributed by atoms with van der Waals surface area (Å²) in [5, 5.41) is 7.03. The lowest BCUT2D eigenvalue weighted by molar-refractivity contribution is -0.0191. The molecule has 2 aliphatic rings. The Bertz CT molecular complexity index is 1130. The van der Waals surface area contributed by atoms with Gasteiger partial charge < -0.3 is 4.74 Å². The van der Waals surface area contributed by atoms with E-state index in [1.807, 2.05) is 17.1 Å². The van der Waals surface area contributed by atoms with Crippen molar-refractivity contribution in [1.29, 1.82) is 0 Å². The maximum atomic E-state index is 13.5. The summed E-state index contributed by atoms with van der Waals surface area (Å²) in [6.45, 7) is 4.22. The molecule has 2 aliphatic heterocycles. The molecule has 0 radical (unpaired) electrons. The van der Waals surface area contributed by atoms with Crippen molar-refractivity contribution in [2.45, 2.75) is 32.5 Å². The van der Waals surface area contributed by atoms with E-state index in [2.05, 4.69) is 54.0 Å². The molecule has 0 aromatic heterocycles. The molecule has 3 nitrogen and oxygen atoms in total. The van der Waals surface area contributed by atoms with Gasteiger partial charge in [-0.3, -0.25) is 0 Å². The molecule has 0 N–H and O–H groups in total. The van der Waals surface area contributed by atoms with Gasteiger partial charge in [0, 0.05) is 27.6 Å². The van der Waals surface area contributed by atoms with Crippen molar-refractivity contribution < 1.29 is 9.13 Å². The van der Waals surface area contributed by atoms with E-state index in [9.17, 15) is 4.39 Å². The van der Waals surface area contributed by atoms with Gasteiger partial charge in [0.05, 0.1) is 11.8 Å². The van der Waals surface area contributed by atoms with Crippen LogP contribution in [0.1, 0.15) is 46.5 Å². The Morgan fingerprint density at radius 3 is 2.62 bits per heavy atom. The van der Waals surface area contributed by atoms with Gasteiger partial charge in [-0.1, -0.05) is 45.8 Å². The monoisotopic (exact) mass is 450 g/mol. The summed E-state index contributed by atoms with van der Waals surface area (Å²) < 4.78 is 20.8. The molecule has 0 fully saturated rings. The first-order chi connectivity index (χ1) is 14.0. The van der Waals surface area contributed by atoms with Gasteiger partial charge in [0.2, 0.25) is 6.23 Å². The zero-order valence-electron chi connectivity index (χ0n) is 16.2. The Kier molecular flexibility index (Phi) is 4.43. The van der Waals surface area contributed by atoms with Gasteiger partial charge in [-0.25, -0.2) is 9.40 Å². The highest BCUT2D eigenvalue weighted by Crippen LogP contribution is 2.48.